The number of aryl methyl sites for hydroxylation is 1. The van der Waals surface area contributed by atoms with Crippen LogP contribution in [0.15, 0.2) is 6.33 Å². The average molecular weight is 250 g/mol. The molecule has 0 aliphatic heterocycles. The van der Waals surface area contributed by atoms with Crippen LogP contribution in [0.1, 0.15) is 20.3 Å². The van der Waals surface area contributed by atoms with Gasteiger partial charge in [0.2, 0.25) is 0 Å². The number of hydrogen-bond acceptors (Lipinski definition) is 6. The third-order valence-electron chi connectivity index (χ3n) is 2.45. The molecule has 0 bridgehead atoms. The molecule has 2 heterocycles. The Morgan fingerprint density at radius 3 is 3.00 bits per heavy atom. The van der Waals surface area contributed by atoms with Crippen molar-refractivity contribution in [2.45, 2.75) is 26.4 Å². The summed E-state index contributed by atoms with van der Waals surface area (Å²) in [6, 6.07) is 0. The van der Waals surface area contributed by atoms with Gasteiger partial charge in [0.1, 0.15) is 6.33 Å². The van der Waals surface area contributed by atoms with Crippen molar-refractivity contribution in [3.63, 3.8) is 0 Å². The molecule has 0 aromatic carbocycles. The Morgan fingerprint density at radius 1 is 1.39 bits per heavy atom. The van der Waals surface area contributed by atoms with E-state index in [9.17, 15) is 0 Å². The molecule has 0 spiro atoms. The van der Waals surface area contributed by atoms with E-state index >= 15 is 0 Å². The number of anilines is 1. The van der Waals surface area contributed by atoms with Crippen LogP contribution in [0, 0.1) is 0 Å². The lowest BCUT2D eigenvalue weighted by Gasteiger charge is -2.08. The Kier molecular flexibility index (Phi) is 4.03. The molecule has 98 valence electrons. The van der Waals surface area contributed by atoms with Crippen molar-refractivity contribution in [3.05, 3.63) is 6.33 Å². The Bertz CT molecular complexity index is 509. The molecule has 7 nitrogen and oxygen atoms in total. The predicted octanol–water partition coefficient (Wildman–Crippen LogP) is 0.985. The molecule has 0 saturated carbocycles. The monoisotopic (exact) mass is 250 g/mol. The molecule has 0 aliphatic carbocycles. The van der Waals surface area contributed by atoms with Crippen LogP contribution in [0.2, 0.25) is 0 Å². The summed E-state index contributed by atoms with van der Waals surface area (Å²) in [6.45, 7) is 5.58. The number of fused-ring (bicyclic) bond motifs is 1. The predicted molar refractivity (Wildman–Crippen MR) is 68.3 cm³/mol. The van der Waals surface area contributed by atoms with Gasteiger partial charge in [0, 0.05) is 20.2 Å². The summed E-state index contributed by atoms with van der Waals surface area (Å²) in [5.41, 5.74) is 1.43. The van der Waals surface area contributed by atoms with Crippen LogP contribution in [0.4, 0.5) is 5.82 Å². The highest BCUT2D eigenvalue weighted by atomic mass is 16.5. The van der Waals surface area contributed by atoms with Gasteiger partial charge in [-0.3, -0.25) is 0 Å². The van der Waals surface area contributed by atoms with Crippen molar-refractivity contribution in [3.8, 4) is 0 Å². The fourth-order valence-electron chi connectivity index (χ4n) is 1.58. The molecule has 2 aromatic heterocycles. The number of aromatic nitrogens is 5. The molecule has 2 aromatic rings. The number of hydrogen-bond donors (Lipinski definition) is 1. The molecule has 1 N–H and O–H groups in total. The minimum atomic E-state index is 0.274. The maximum atomic E-state index is 5.47. The second-order valence-electron chi connectivity index (χ2n) is 4.31. The number of rotatable bonds is 6. The van der Waals surface area contributed by atoms with Crippen LogP contribution in [-0.2, 0) is 11.8 Å². The minimum Gasteiger partial charge on any atom is -0.379 e. The van der Waals surface area contributed by atoms with E-state index in [1.165, 1.54) is 6.33 Å². The maximum Gasteiger partial charge on any atom is 0.183 e. The highest BCUT2D eigenvalue weighted by Crippen LogP contribution is 2.14. The summed E-state index contributed by atoms with van der Waals surface area (Å²) >= 11 is 0. The lowest BCUT2D eigenvalue weighted by Crippen LogP contribution is -2.10. The first-order chi connectivity index (χ1) is 8.68. The average Bonchev–Trinajstić information content (AvgIpc) is 2.71. The zero-order valence-electron chi connectivity index (χ0n) is 10.9. The van der Waals surface area contributed by atoms with Crippen molar-refractivity contribution in [1.82, 2.24) is 25.0 Å². The highest BCUT2D eigenvalue weighted by molar-refractivity contribution is 5.81. The van der Waals surface area contributed by atoms with Gasteiger partial charge in [-0.2, -0.15) is 0 Å². The molecule has 0 aliphatic rings. The van der Waals surface area contributed by atoms with E-state index < -0.39 is 0 Å². The number of ether oxygens (including phenoxy) is 1. The molecular weight excluding hydrogens is 232 g/mol. The van der Waals surface area contributed by atoms with Crippen LogP contribution in [-0.4, -0.2) is 44.2 Å². The largest absolute Gasteiger partial charge is 0.379 e. The van der Waals surface area contributed by atoms with Crippen LogP contribution in [0.3, 0.4) is 0 Å². The fourth-order valence-corrected chi connectivity index (χ4v) is 1.58. The van der Waals surface area contributed by atoms with Gasteiger partial charge in [-0.15, -0.1) is 5.10 Å². The Morgan fingerprint density at radius 2 is 2.22 bits per heavy atom. The standard InChI is InChI=1S/C11H18N6O/c1-8(2)18-6-4-5-12-10-9-11(14-7-13-10)17(3)16-15-9/h7-8H,4-6H2,1-3H3,(H,12,13,14). The van der Waals surface area contributed by atoms with Crippen molar-refractivity contribution >= 4 is 17.0 Å². The third kappa shape index (κ3) is 2.92. The zero-order valence-corrected chi connectivity index (χ0v) is 10.9. The summed E-state index contributed by atoms with van der Waals surface area (Å²) in [5, 5.41) is 11.2. The molecule has 0 amide bonds. The third-order valence-corrected chi connectivity index (χ3v) is 2.45. The van der Waals surface area contributed by atoms with E-state index in [1.54, 1.807) is 4.68 Å². The summed E-state index contributed by atoms with van der Waals surface area (Å²) in [6.07, 6.45) is 2.71. The molecule has 7 heteroatoms. The van der Waals surface area contributed by atoms with Gasteiger partial charge in [0.25, 0.3) is 0 Å². The van der Waals surface area contributed by atoms with Gasteiger partial charge in [-0.1, -0.05) is 5.21 Å². The van der Waals surface area contributed by atoms with E-state index in [2.05, 4.69) is 25.6 Å². The lowest BCUT2D eigenvalue weighted by molar-refractivity contribution is 0.0787. The highest BCUT2D eigenvalue weighted by Gasteiger charge is 2.08. The van der Waals surface area contributed by atoms with Crippen molar-refractivity contribution < 1.29 is 4.74 Å². The van der Waals surface area contributed by atoms with E-state index in [0.29, 0.717) is 5.52 Å². The molecule has 2 rings (SSSR count). The van der Waals surface area contributed by atoms with Gasteiger partial charge in [-0.05, 0) is 20.3 Å². The number of nitrogens with one attached hydrogen (secondary N) is 1. The second-order valence-corrected chi connectivity index (χ2v) is 4.31. The molecular formula is C11H18N6O. The first-order valence-corrected chi connectivity index (χ1v) is 6.04. The Hall–Kier alpha value is -1.76. The molecule has 0 saturated heterocycles. The summed E-state index contributed by atoms with van der Waals surface area (Å²) in [7, 11) is 1.81. The first kappa shape index (κ1) is 12.7. The Labute approximate surface area is 106 Å². The summed E-state index contributed by atoms with van der Waals surface area (Å²) in [4.78, 5) is 8.31. The van der Waals surface area contributed by atoms with E-state index in [0.717, 1.165) is 31.0 Å². The fraction of sp³-hybridized carbons (Fsp3) is 0.636. The van der Waals surface area contributed by atoms with Gasteiger partial charge in [-0.25, -0.2) is 14.6 Å². The Balaban J connectivity index is 1.92. The summed E-state index contributed by atoms with van der Waals surface area (Å²) in [5.74, 6) is 0.720. The van der Waals surface area contributed by atoms with Crippen LogP contribution in [0.5, 0.6) is 0 Å². The van der Waals surface area contributed by atoms with Crippen molar-refractivity contribution in [2.24, 2.45) is 7.05 Å². The van der Waals surface area contributed by atoms with Crippen LogP contribution >= 0.6 is 0 Å². The van der Waals surface area contributed by atoms with Gasteiger partial charge >= 0.3 is 0 Å². The quantitative estimate of drug-likeness (QED) is 0.770. The lowest BCUT2D eigenvalue weighted by atomic mass is 10.4. The number of nitrogens with zero attached hydrogens (tertiary/aromatic N) is 5. The first-order valence-electron chi connectivity index (χ1n) is 6.04. The SMILES string of the molecule is CC(C)OCCCNc1ncnc2c1nnn2C. The molecule has 0 unspecified atom stereocenters. The summed E-state index contributed by atoms with van der Waals surface area (Å²) < 4.78 is 7.10. The molecule has 0 atom stereocenters. The van der Waals surface area contributed by atoms with E-state index in [4.69, 9.17) is 4.74 Å². The van der Waals surface area contributed by atoms with Crippen molar-refractivity contribution in [1.29, 1.82) is 0 Å². The topological polar surface area (TPSA) is 77.8 Å². The maximum absolute atomic E-state index is 5.47. The van der Waals surface area contributed by atoms with Gasteiger partial charge in [0.15, 0.2) is 17.0 Å². The second kappa shape index (κ2) is 5.72. The molecule has 0 fully saturated rings. The van der Waals surface area contributed by atoms with Crippen molar-refractivity contribution in [2.75, 3.05) is 18.5 Å². The molecule has 18 heavy (non-hydrogen) atoms. The smallest absolute Gasteiger partial charge is 0.183 e. The van der Waals surface area contributed by atoms with Gasteiger partial charge < -0.3 is 10.1 Å². The van der Waals surface area contributed by atoms with Crippen LogP contribution in [0.25, 0.3) is 11.2 Å². The van der Waals surface area contributed by atoms with E-state index in [-0.39, 0.29) is 6.10 Å². The normalized spacial score (nSPS) is 11.3. The minimum absolute atomic E-state index is 0.274. The zero-order chi connectivity index (χ0) is 13.0. The molecule has 0 radical (unpaired) electrons. The van der Waals surface area contributed by atoms with E-state index in [1.807, 2.05) is 20.9 Å². The van der Waals surface area contributed by atoms with Crippen LogP contribution < -0.4 is 5.32 Å². The van der Waals surface area contributed by atoms with Gasteiger partial charge in [0.05, 0.1) is 6.10 Å².